The first-order valence-corrected chi connectivity index (χ1v) is 10.4. The maximum atomic E-state index is 13.3. The number of hydrogen-bond donors (Lipinski definition) is 1. The van der Waals surface area contributed by atoms with Crippen LogP contribution in [0.5, 0.6) is 0 Å². The fourth-order valence-corrected chi connectivity index (χ4v) is 4.41. The van der Waals surface area contributed by atoms with E-state index in [4.69, 9.17) is 0 Å². The molecule has 1 atom stereocenters. The number of carbonyl (C=O) groups is 3. The zero-order valence-electron chi connectivity index (χ0n) is 16.9. The highest BCUT2D eigenvalue weighted by atomic mass is 16.2. The molecule has 0 saturated carbocycles. The summed E-state index contributed by atoms with van der Waals surface area (Å²) in [5.41, 5.74) is 2.43. The van der Waals surface area contributed by atoms with Gasteiger partial charge in [0.1, 0.15) is 12.6 Å². The Kier molecular flexibility index (Phi) is 4.78. The summed E-state index contributed by atoms with van der Waals surface area (Å²) in [6, 6.07) is 17.8. The van der Waals surface area contributed by atoms with Crippen LogP contribution in [0.2, 0.25) is 0 Å². The number of amides is 3. The van der Waals surface area contributed by atoms with E-state index in [1.165, 1.54) is 4.90 Å². The summed E-state index contributed by atoms with van der Waals surface area (Å²) in [7, 11) is 0. The maximum Gasteiger partial charge on any atom is 0.256 e. The fraction of sp³-hybridized carbons (Fsp3) is 0.208. The second-order valence-electron chi connectivity index (χ2n) is 7.75. The van der Waals surface area contributed by atoms with Crippen molar-refractivity contribution in [2.75, 3.05) is 23.3 Å². The summed E-state index contributed by atoms with van der Waals surface area (Å²) in [6.45, 7) is 0.404. The largest absolute Gasteiger partial charge is 0.327 e. The number of benzene rings is 2. The van der Waals surface area contributed by atoms with E-state index in [2.05, 4.69) is 5.32 Å². The smallest absolute Gasteiger partial charge is 0.256 e. The van der Waals surface area contributed by atoms with Crippen LogP contribution in [-0.4, -0.2) is 46.3 Å². The van der Waals surface area contributed by atoms with Crippen molar-refractivity contribution in [1.82, 2.24) is 9.47 Å². The van der Waals surface area contributed by atoms with Gasteiger partial charge in [-0.1, -0.05) is 24.3 Å². The highest BCUT2D eigenvalue weighted by Crippen LogP contribution is 2.32. The zero-order valence-corrected chi connectivity index (χ0v) is 16.9. The first-order chi connectivity index (χ1) is 15.1. The maximum absolute atomic E-state index is 13.3. The van der Waals surface area contributed by atoms with Crippen molar-refractivity contribution >= 4 is 29.1 Å². The van der Waals surface area contributed by atoms with Gasteiger partial charge in [-0.25, -0.2) is 0 Å². The summed E-state index contributed by atoms with van der Waals surface area (Å²) in [6.07, 6.45) is 5.21. The molecule has 7 nitrogen and oxygen atoms in total. The van der Waals surface area contributed by atoms with Crippen LogP contribution in [0, 0.1) is 0 Å². The van der Waals surface area contributed by atoms with Crippen LogP contribution in [0.3, 0.4) is 0 Å². The van der Waals surface area contributed by atoms with E-state index >= 15 is 0 Å². The second-order valence-corrected chi connectivity index (χ2v) is 7.75. The van der Waals surface area contributed by atoms with Crippen molar-refractivity contribution in [3.05, 3.63) is 78.6 Å². The minimum atomic E-state index is -0.514. The molecule has 3 amide bonds. The van der Waals surface area contributed by atoms with Gasteiger partial charge in [0, 0.05) is 18.9 Å². The molecule has 3 heterocycles. The van der Waals surface area contributed by atoms with Crippen molar-refractivity contribution in [2.24, 2.45) is 0 Å². The topological polar surface area (TPSA) is 74.7 Å². The summed E-state index contributed by atoms with van der Waals surface area (Å²) in [5.74, 6) is -0.668. The molecule has 3 aromatic rings. The number of hydrogen-bond acceptors (Lipinski definition) is 3. The molecule has 1 saturated heterocycles. The lowest BCUT2D eigenvalue weighted by molar-refractivity contribution is -0.124. The molecule has 2 aliphatic rings. The Labute approximate surface area is 179 Å². The molecule has 0 spiro atoms. The van der Waals surface area contributed by atoms with Gasteiger partial charge < -0.3 is 19.7 Å². The monoisotopic (exact) mass is 414 g/mol. The van der Waals surface area contributed by atoms with E-state index in [0.717, 1.165) is 12.1 Å². The Morgan fingerprint density at radius 2 is 1.65 bits per heavy atom. The Morgan fingerprint density at radius 1 is 0.935 bits per heavy atom. The Bertz CT molecular complexity index is 1160. The van der Waals surface area contributed by atoms with Crippen LogP contribution in [0.15, 0.2) is 73.1 Å². The molecule has 0 bridgehead atoms. The molecule has 7 heteroatoms. The number of aromatic nitrogens is 1. The van der Waals surface area contributed by atoms with Crippen molar-refractivity contribution in [3.8, 4) is 5.69 Å². The van der Waals surface area contributed by atoms with Crippen molar-refractivity contribution < 1.29 is 14.4 Å². The van der Waals surface area contributed by atoms with Crippen molar-refractivity contribution in [1.29, 1.82) is 0 Å². The molecule has 0 aliphatic carbocycles. The van der Waals surface area contributed by atoms with Crippen molar-refractivity contribution in [2.45, 2.75) is 18.9 Å². The first-order valence-electron chi connectivity index (χ1n) is 10.4. The molecule has 31 heavy (non-hydrogen) atoms. The van der Waals surface area contributed by atoms with E-state index < -0.39 is 6.04 Å². The van der Waals surface area contributed by atoms with E-state index in [-0.39, 0.29) is 24.3 Å². The zero-order chi connectivity index (χ0) is 21.4. The molecule has 1 fully saturated rings. The average molecular weight is 414 g/mol. The van der Waals surface area contributed by atoms with Gasteiger partial charge in [-0.05, 0) is 49.2 Å². The van der Waals surface area contributed by atoms with E-state index in [0.29, 0.717) is 29.9 Å². The van der Waals surface area contributed by atoms with Gasteiger partial charge in [0.25, 0.3) is 5.91 Å². The lowest BCUT2D eigenvalue weighted by Crippen LogP contribution is -2.47. The number of nitrogens with zero attached hydrogens (tertiary/aromatic N) is 3. The van der Waals surface area contributed by atoms with Crippen LogP contribution in [-0.2, 0) is 9.59 Å². The summed E-state index contributed by atoms with van der Waals surface area (Å²) in [4.78, 5) is 42.5. The van der Waals surface area contributed by atoms with Crippen LogP contribution < -0.4 is 10.2 Å². The predicted molar refractivity (Wildman–Crippen MR) is 117 cm³/mol. The number of rotatable bonds is 4. The fourth-order valence-electron chi connectivity index (χ4n) is 4.41. The third kappa shape index (κ3) is 3.38. The first kappa shape index (κ1) is 19.1. The Hall–Kier alpha value is -3.87. The number of para-hydroxylation sites is 3. The predicted octanol–water partition coefficient (Wildman–Crippen LogP) is 3.07. The molecular formula is C24H22N4O3. The number of anilines is 2. The summed E-state index contributed by atoms with van der Waals surface area (Å²) >= 11 is 0. The van der Waals surface area contributed by atoms with Gasteiger partial charge in [-0.15, -0.1) is 0 Å². The SMILES string of the molecule is O=C(CN1C(=O)[C@@H]2CCCN2C(=O)c2ccccc21)Nc1ccccc1-n1cccc1. The third-order valence-corrected chi connectivity index (χ3v) is 5.85. The normalized spacial score (nSPS) is 17.9. The Morgan fingerprint density at radius 3 is 2.45 bits per heavy atom. The van der Waals surface area contributed by atoms with Gasteiger partial charge in [-0.3, -0.25) is 14.4 Å². The molecule has 0 radical (unpaired) electrons. The highest BCUT2D eigenvalue weighted by Gasteiger charge is 2.42. The lowest BCUT2D eigenvalue weighted by atomic mass is 10.1. The summed E-state index contributed by atoms with van der Waals surface area (Å²) in [5, 5.41) is 2.94. The van der Waals surface area contributed by atoms with Gasteiger partial charge >= 0.3 is 0 Å². The standard InChI is InChI=1S/C24H22N4O3/c29-22(25-18-9-2-4-11-20(18)26-13-5-6-14-26)16-28-19-10-3-1-8-17(19)23(30)27-15-7-12-21(27)24(28)31/h1-6,8-11,13-14,21H,7,12,15-16H2,(H,25,29)/t21-/m0/s1. The Balaban J connectivity index is 1.44. The third-order valence-electron chi connectivity index (χ3n) is 5.85. The van der Waals surface area contributed by atoms with Gasteiger partial charge in [-0.2, -0.15) is 0 Å². The molecule has 2 aliphatic heterocycles. The molecule has 2 aromatic carbocycles. The number of fused-ring (bicyclic) bond motifs is 2. The highest BCUT2D eigenvalue weighted by molar-refractivity contribution is 6.13. The molecule has 156 valence electrons. The van der Waals surface area contributed by atoms with Crippen LogP contribution in [0.25, 0.3) is 5.69 Å². The lowest BCUT2D eigenvalue weighted by Gasteiger charge is -2.25. The molecule has 5 rings (SSSR count). The summed E-state index contributed by atoms with van der Waals surface area (Å²) < 4.78 is 1.91. The minimum absolute atomic E-state index is 0.146. The second kappa shape index (κ2) is 7.75. The average Bonchev–Trinajstić information content (AvgIpc) is 3.48. The van der Waals surface area contributed by atoms with E-state index in [9.17, 15) is 14.4 Å². The van der Waals surface area contributed by atoms with Gasteiger partial charge in [0.15, 0.2) is 0 Å². The quantitative estimate of drug-likeness (QED) is 0.713. The minimum Gasteiger partial charge on any atom is -0.327 e. The number of carbonyl (C=O) groups excluding carboxylic acids is 3. The number of nitrogens with one attached hydrogen (secondary N) is 1. The van der Waals surface area contributed by atoms with Crippen LogP contribution in [0.1, 0.15) is 23.2 Å². The molecule has 1 N–H and O–H groups in total. The molecule has 0 unspecified atom stereocenters. The van der Waals surface area contributed by atoms with Crippen LogP contribution >= 0.6 is 0 Å². The van der Waals surface area contributed by atoms with Crippen molar-refractivity contribution in [3.63, 3.8) is 0 Å². The van der Waals surface area contributed by atoms with Gasteiger partial charge in [0.05, 0.1) is 22.6 Å². The van der Waals surface area contributed by atoms with Gasteiger partial charge in [0.2, 0.25) is 11.8 Å². The molecule has 1 aromatic heterocycles. The van der Waals surface area contributed by atoms with E-state index in [1.54, 1.807) is 29.2 Å². The van der Waals surface area contributed by atoms with E-state index in [1.807, 2.05) is 53.4 Å². The van der Waals surface area contributed by atoms with Crippen LogP contribution in [0.4, 0.5) is 11.4 Å². The molecular weight excluding hydrogens is 392 g/mol.